The van der Waals surface area contributed by atoms with E-state index in [2.05, 4.69) is 34.2 Å². The summed E-state index contributed by atoms with van der Waals surface area (Å²) in [7, 11) is 0. The summed E-state index contributed by atoms with van der Waals surface area (Å²) in [6.07, 6.45) is -0.237. The summed E-state index contributed by atoms with van der Waals surface area (Å²) in [5.74, 6) is 0. The lowest BCUT2D eigenvalue weighted by atomic mass is 10.1. The van der Waals surface area contributed by atoms with Gasteiger partial charge in [0.05, 0.1) is 6.04 Å². The Balaban J connectivity index is 1.85. The summed E-state index contributed by atoms with van der Waals surface area (Å²) in [5, 5.41) is 3.44. The van der Waals surface area contributed by atoms with E-state index in [4.69, 9.17) is 4.74 Å². The first-order valence-electron chi connectivity index (χ1n) is 6.76. The average Bonchev–Trinajstić information content (AvgIpc) is 2.25. The fraction of sp³-hybridized carbons (Fsp3) is 0.533. The van der Waals surface area contributed by atoms with Crippen LogP contribution in [0.2, 0.25) is 0 Å². The molecule has 1 N–H and O–H groups in total. The molecule has 20 heavy (non-hydrogen) atoms. The van der Waals surface area contributed by atoms with Crippen molar-refractivity contribution in [1.82, 2.24) is 4.90 Å². The van der Waals surface area contributed by atoms with Gasteiger partial charge in [0.15, 0.2) is 0 Å². The van der Waals surface area contributed by atoms with Gasteiger partial charge in [0.2, 0.25) is 0 Å². The lowest BCUT2D eigenvalue weighted by Gasteiger charge is -2.40. The molecule has 4 nitrogen and oxygen atoms in total. The molecule has 2 rings (SSSR count). The third-order valence-corrected chi connectivity index (χ3v) is 4.14. The third-order valence-electron chi connectivity index (χ3n) is 3.08. The van der Waals surface area contributed by atoms with Gasteiger partial charge >= 0.3 is 6.09 Å². The standard InChI is InChI=1S/C15H21BrN2O2/c1-10-6-5-7-12(13(10)16)17-11-8-18(9-11)14(19)20-15(2,3)4/h5-7,11,17H,8-9H2,1-4H3. The Morgan fingerprint density at radius 2 is 2.05 bits per heavy atom. The Hall–Kier alpha value is -1.23. The summed E-state index contributed by atoms with van der Waals surface area (Å²) >= 11 is 3.58. The molecule has 1 aliphatic heterocycles. The van der Waals surface area contributed by atoms with Gasteiger partial charge in [0, 0.05) is 23.2 Å². The number of carbonyl (C=O) groups excluding carboxylic acids is 1. The fourth-order valence-electron chi connectivity index (χ4n) is 2.02. The topological polar surface area (TPSA) is 41.6 Å². The largest absolute Gasteiger partial charge is 0.444 e. The maximum absolute atomic E-state index is 11.8. The molecule has 1 fully saturated rings. The molecule has 0 bridgehead atoms. The van der Waals surface area contributed by atoms with Crippen LogP contribution in [0.3, 0.4) is 0 Å². The van der Waals surface area contributed by atoms with Crippen molar-refractivity contribution < 1.29 is 9.53 Å². The fourth-order valence-corrected chi connectivity index (χ4v) is 2.40. The van der Waals surface area contributed by atoms with Gasteiger partial charge < -0.3 is 15.0 Å². The number of rotatable bonds is 2. The number of ether oxygens (including phenoxy) is 1. The Morgan fingerprint density at radius 3 is 2.65 bits per heavy atom. The molecule has 1 aromatic rings. The smallest absolute Gasteiger partial charge is 0.410 e. The highest BCUT2D eigenvalue weighted by molar-refractivity contribution is 9.10. The van der Waals surface area contributed by atoms with Crippen molar-refractivity contribution in [3.63, 3.8) is 0 Å². The zero-order chi connectivity index (χ0) is 14.9. The number of anilines is 1. The van der Waals surface area contributed by atoms with Gasteiger partial charge in [-0.25, -0.2) is 4.79 Å². The van der Waals surface area contributed by atoms with E-state index in [1.807, 2.05) is 32.9 Å². The van der Waals surface area contributed by atoms with Crippen LogP contribution in [0.4, 0.5) is 10.5 Å². The lowest BCUT2D eigenvalue weighted by molar-refractivity contribution is 0.0105. The van der Waals surface area contributed by atoms with Crippen molar-refractivity contribution in [2.24, 2.45) is 0 Å². The molecule has 1 aliphatic rings. The minimum Gasteiger partial charge on any atom is -0.444 e. The quantitative estimate of drug-likeness (QED) is 0.890. The van der Waals surface area contributed by atoms with E-state index in [1.54, 1.807) is 4.90 Å². The number of carbonyl (C=O) groups is 1. The number of halogens is 1. The molecule has 0 aliphatic carbocycles. The summed E-state index contributed by atoms with van der Waals surface area (Å²) in [6.45, 7) is 9.05. The maximum Gasteiger partial charge on any atom is 0.410 e. The van der Waals surface area contributed by atoms with Crippen molar-refractivity contribution in [1.29, 1.82) is 0 Å². The molecule has 1 aromatic carbocycles. The second-order valence-electron chi connectivity index (χ2n) is 6.16. The van der Waals surface area contributed by atoms with Gasteiger partial charge in [-0.2, -0.15) is 0 Å². The normalized spacial score (nSPS) is 15.8. The van der Waals surface area contributed by atoms with Gasteiger partial charge in [-0.3, -0.25) is 0 Å². The SMILES string of the molecule is Cc1cccc(NC2CN(C(=O)OC(C)(C)C)C2)c1Br. The van der Waals surface area contributed by atoms with Crippen LogP contribution in [-0.2, 0) is 4.74 Å². The van der Waals surface area contributed by atoms with Crippen molar-refractivity contribution in [3.05, 3.63) is 28.2 Å². The molecular weight excluding hydrogens is 320 g/mol. The van der Waals surface area contributed by atoms with Crippen molar-refractivity contribution in [2.75, 3.05) is 18.4 Å². The first-order chi connectivity index (χ1) is 9.26. The zero-order valence-corrected chi connectivity index (χ0v) is 14.0. The van der Waals surface area contributed by atoms with Crippen molar-refractivity contribution in [3.8, 4) is 0 Å². The Kier molecular flexibility index (Phi) is 4.28. The number of benzene rings is 1. The molecule has 1 amide bonds. The van der Waals surface area contributed by atoms with E-state index in [1.165, 1.54) is 5.56 Å². The van der Waals surface area contributed by atoms with Gasteiger partial charge in [-0.05, 0) is 55.3 Å². The second kappa shape index (κ2) is 5.64. The molecule has 110 valence electrons. The van der Waals surface area contributed by atoms with Crippen LogP contribution in [0.5, 0.6) is 0 Å². The monoisotopic (exact) mass is 340 g/mol. The summed E-state index contributed by atoms with van der Waals surface area (Å²) in [4.78, 5) is 13.5. The summed E-state index contributed by atoms with van der Waals surface area (Å²) < 4.78 is 6.41. The van der Waals surface area contributed by atoms with Gasteiger partial charge in [0.1, 0.15) is 5.60 Å². The molecule has 0 atom stereocenters. The molecule has 1 heterocycles. The van der Waals surface area contributed by atoms with Crippen molar-refractivity contribution in [2.45, 2.75) is 39.3 Å². The minimum absolute atomic E-state index is 0.237. The van der Waals surface area contributed by atoms with Gasteiger partial charge in [0.25, 0.3) is 0 Å². The predicted molar refractivity (Wildman–Crippen MR) is 84.1 cm³/mol. The number of amides is 1. The zero-order valence-electron chi connectivity index (χ0n) is 12.4. The van der Waals surface area contributed by atoms with Crippen LogP contribution in [-0.4, -0.2) is 35.7 Å². The lowest BCUT2D eigenvalue weighted by Crippen LogP contribution is -2.57. The molecule has 0 unspecified atom stereocenters. The number of hydrogen-bond acceptors (Lipinski definition) is 3. The average molecular weight is 341 g/mol. The number of nitrogens with zero attached hydrogens (tertiary/aromatic N) is 1. The first-order valence-corrected chi connectivity index (χ1v) is 7.55. The second-order valence-corrected chi connectivity index (χ2v) is 6.96. The van der Waals surface area contributed by atoms with E-state index in [0.29, 0.717) is 13.1 Å². The molecule has 0 aromatic heterocycles. The third kappa shape index (κ3) is 3.66. The van der Waals surface area contributed by atoms with Crippen LogP contribution in [0.25, 0.3) is 0 Å². The van der Waals surface area contributed by atoms with Crippen LogP contribution in [0.1, 0.15) is 26.3 Å². The van der Waals surface area contributed by atoms with E-state index in [9.17, 15) is 4.79 Å². The van der Waals surface area contributed by atoms with Crippen LogP contribution >= 0.6 is 15.9 Å². The Labute approximate surface area is 128 Å². The molecular formula is C15H21BrN2O2. The Bertz CT molecular complexity index is 505. The Morgan fingerprint density at radius 1 is 1.40 bits per heavy atom. The number of hydrogen-bond donors (Lipinski definition) is 1. The van der Waals surface area contributed by atoms with E-state index in [-0.39, 0.29) is 12.1 Å². The highest BCUT2D eigenvalue weighted by Gasteiger charge is 2.33. The molecule has 0 saturated carbocycles. The van der Waals surface area contributed by atoms with E-state index < -0.39 is 5.60 Å². The number of nitrogens with one attached hydrogen (secondary N) is 1. The first kappa shape index (κ1) is 15.2. The highest BCUT2D eigenvalue weighted by atomic mass is 79.9. The van der Waals surface area contributed by atoms with E-state index in [0.717, 1.165) is 10.2 Å². The van der Waals surface area contributed by atoms with Crippen LogP contribution in [0.15, 0.2) is 22.7 Å². The molecule has 5 heteroatoms. The van der Waals surface area contributed by atoms with Crippen LogP contribution < -0.4 is 5.32 Å². The minimum atomic E-state index is -0.435. The molecule has 0 spiro atoms. The number of likely N-dealkylation sites (tertiary alicyclic amines) is 1. The summed E-state index contributed by atoms with van der Waals surface area (Å²) in [6, 6.07) is 6.39. The predicted octanol–water partition coefficient (Wildman–Crippen LogP) is 3.79. The number of aryl methyl sites for hydroxylation is 1. The van der Waals surface area contributed by atoms with E-state index >= 15 is 0 Å². The molecule has 0 radical (unpaired) electrons. The van der Waals surface area contributed by atoms with Gasteiger partial charge in [-0.15, -0.1) is 0 Å². The summed E-state index contributed by atoms with van der Waals surface area (Å²) in [5.41, 5.74) is 1.83. The molecule has 1 saturated heterocycles. The van der Waals surface area contributed by atoms with Crippen LogP contribution in [0, 0.1) is 6.92 Å². The van der Waals surface area contributed by atoms with Crippen molar-refractivity contribution >= 4 is 27.7 Å². The highest BCUT2D eigenvalue weighted by Crippen LogP contribution is 2.28. The maximum atomic E-state index is 11.8. The van der Waals surface area contributed by atoms with Gasteiger partial charge in [-0.1, -0.05) is 12.1 Å².